The highest BCUT2D eigenvalue weighted by molar-refractivity contribution is 6.31. The average molecular weight is 315 g/mol. The van der Waals surface area contributed by atoms with Crippen molar-refractivity contribution in [3.63, 3.8) is 0 Å². The van der Waals surface area contributed by atoms with Crippen molar-refractivity contribution in [2.24, 2.45) is 0 Å². The number of rotatable bonds is 4. The Balaban J connectivity index is 2.22. The highest BCUT2D eigenvalue weighted by atomic mass is 35.5. The summed E-state index contributed by atoms with van der Waals surface area (Å²) in [7, 11) is 0. The monoisotopic (exact) mass is 314 g/mol. The third kappa shape index (κ3) is 3.37. The Hall–Kier alpha value is -1.85. The molecule has 0 bridgehead atoms. The van der Waals surface area contributed by atoms with Crippen LogP contribution < -0.4 is 5.32 Å². The molecule has 2 aromatic rings. The fourth-order valence-electron chi connectivity index (χ4n) is 1.70. The summed E-state index contributed by atoms with van der Waals surface area (Å²) >= 11 is 11.5. The molecule has 1 N–H and O–H groups in total. The molecule has 0 aliphatic heterocycles. The molecular formula is C13H9Cl2FN2O2. The second kappa shape index (κ2) is 6.07. The van der Waals surface area contributed by atoms with E-state index in [1.807, 2.05) is 0 Å². The molecule has 0 aliphatic carbocycles. The van der Waals surface area contributed by atoms with Crippen LogP contribution in [0.25, 0.3) is 0 Å². The van der Waals surface area contributed by atoms with Crippen LogP contribution in [0.4, 0.5) is 15.8 Å². The zero-order valence-corrected chi connectivity index (χ0v) is 11.6. The molecular weight excluding hydrogens is 306 g/mol. The topological polar surface area (TPSA) is 55.2 Å². The van der Waals surface area contributed by atoms with Crippen LogP contribution in [0.3, 0.4) is 0 Å². The van der Waals surface area contributed by atoms with Gasteiger partial charge in [0.05, 0.1) is 16.2 Å². The highest BCUT2D eigenvalue weighted by Gasteiger charge is 2.14. The smallest absolute Gasteiger partial charge is 0.274 e. The average Bonchev–Trinajstić information content (AvgIpc) is 2.37. The van der Waals surface area contributed by atoms with Gasteiger partial charge < -0.3 is 5.32 Å². The van der Waals surface area contributed by atoms with Crippen LogP contribution in [0.5, 0.6) is 0 Å². The zero-order valence-electron chi connectivity index (χ0n) is 10.1. The van der Waals surface area contributed by atoms with Crippen LogP contribution in [-0.2, 0) is 6.54 Å². The fourth-order valence-corrected chi connectivity index (χ4v) is 2.05. The minimum atomic E-state index is -0.526. The van der Waals surface area contributed by atoms with Gasteiger partial charge in [0.2, 0.25) is 0 Å². The molecule has 0 amide bonds. The predicted octanol–water partition coefficient (Wildman–Crippen LogP) is 4.65. The zero-order chi connectivity index (χ0) is 14.7. The number of benzene rings is 2. The number of hydrogen-bond donors (Lipinski definition) is 1. The predicted molar refractivity (Wildman–Crippen MR) is 76.8 cm³/mol. The van der Waals surface area contributed by atoms with Crippen LogP contribution in [0, 0.1) is 15.9 Å². The Morgan fingerprint density at radius 2 is 1.80 bits per heavy atom. The first kappa shape index (κ1) is 14.6. The molecule has 0 radical (unpaired) electrons. The third-order valence-corrected chi connectivity index (χ3v) is 3.11. The van der Waals surface area contributed by atoms with Crippen molar-refractivity contribution in [1.29, 1.82) is 0 Å². The highest BCUT2D eigenvalue weighted by Crippen LogP contribution is 2.25. The quantitative estimate of drug-likeness (QED) is 0.660. The van der Waals surface area contributed by atoms with Gasteiger partial charge in [-0.15, -0.1) is 0 Å². The molecule has 0 heterocycles. The van der Waals surface area contributed by atoms with E-state index in [1.54, 1.807) is 0 Å². The molecule has 0 spiro atoms. The molecule has 104 valence electrons. The Morgan fingerprint density at radius 3 is 2.45 bits per heavy atom. The maximum atomic E-state index is 13.6. The van der Waals surface area contributed by atoms with E-state index in [1.165, 1.54) is 30.3 Å². The lowest BCUT2D eigenvalue weighted by Gasteiger charge is -2.08. The van der Waals surface area contributed by atoms with Crippen molar-refractivity contribution in [3.8, 4) is 0 Å². The van der Waals surface area contributed by atoms with Gasteiger partial charge in [-0.3, -0.25) is 10.1 Å². The molecule has 20 heavy (non-hydrogen) atoms. The van der Waals surface area contributed by atoms with E-state index in [0.717, 1.165) is 6.07 Å². The minimum Gasteiger partial charge on any atom is -0.378 e. The largest absolute Gasteiger partial charge is 0.378 e. The summed E-state index contributed by atoms with van der Waals surface area (Å²) in [6, 6.07) is 8.38. The molecule has 0 aliphatic rings. The van der Waals surface area contributed by atoms with E-state index in [4.69, 9.17) is 23.2 Å². The summed E-state index contributed by atoms with van der Waals surface area (Å²) in [5.41, 5.74) is 0.511. The van der Waals surface area contributed by atoms with Gasteiger partial charge in [0.25, 0.3) is 5.69 Å². The summed E-state index contributed by atoms with van der Waals surface area (Å²) in [5.74, 6) is -0.526. The third-order valence-electron chi connectivity index (χ3n) is 2.64. The second-order valence-corrected chi connectivity index (χ2v) is 4.88. The van der Waals surface area contributed by atoms with Crippen molar-refractivity contribution >= 4 is 34.6 Å². The Kier molecular flexibility index (Phi) is 4.42. The normalized spacial score (nSPS) is 10.3. The molecule has 7 heteroatoms. The number of nitro benzene ring substituents is 1. The first-order valence-electron chi connectivity index (χ1n) is 5.59. The standard InChI is InChI=1S/C13H9Cl2FN2O2/c14-9-2-4-13(18(19)20)8(5-9)7-17-12-3-1-10(15)6-11(12)16/h1-6,17H,7H2. The summed E-state index contributed by atoms with van der Waals surface area (Å²) in [6.45, 7) is 0.0788. The Morgan fingerprint density at radius 1 is 1.15 bits per heavy atom. The summed E-state index contributed by atoms with van der Waals surface area (Å²) < 4.78 is 13.6. The van der Waals surface area contributed by atoms with Crippen LogP contribution in [-0.4, -0.2) is 4.92 Å². The van der Waals surface area contributed by atoms with E-state index in [-0.39, 0.29) is 22.9 Å². The molecule has 0 saturated carbocycles. The van der Waals surface area contributed by atoms with Gasteiger partial charge >= 0.3 is 0 Å². The van der Waals surface area contributed by atoms with Crippen LogP contribution in [0.15, 0.2) is 36.4 Å². The Labute approximate surface area is 124 Å². The van der Waals surface area contributed by atoms with E-state index >= 15 is 0 Å². The lowest BCUT2D eigenvalue weighted by Crippen LogP contribution is -2.04. The summed E-state index contributed by atoms with van der Waals surface area (Å²) in [4.78, 5) is 10.4. The lowest BCUT2D eigenvalue weighted by molar-refractivity contribution is -0.385. The fraction of sp³-hybridized carbons (Fsp3) is 0.0769. The van der Waals surface area contributed by atoms with E-state index in [9.17, 15) is 14.5 Å². The first-order valence-corrected chi connectivity index (χ1v) is 6.34. The van der Waals surface area contributed by atoms with Gasteiger partial charge in [0.1, 0.15) is 5.82 Å². The van der Waals surface area contributed by atoms with Gasteiger partial charge in [-0.1, -0.05) is 23.2 Å². The maximum absolute atomic E-state index is 13.6. The van der Waals surface area contributed by atoms with E-state index in [2.05, 4.69) is 5.32 Å². The van der Waals surface area contributed by atoms with Crippen molar-refractivity contribution < 1.29 is 9.31 Å². The molecule has 0 saturated heterocycles. The van der Waals surface area contributed by atoms with Crippen molar-refractivity contribution in [2.45, 2.75) is 6.54 Å². The molecule has 2 rings (SSSR count). The first-order chi connectivity index (χ1) is 9.47. The van der Waals surface area contributed by atoms with Gasteiger partial charge in [-0.25, -0.2) is 4.39 Å². The van der Waals surface area contributed by atoms with Crippen molar-refractivity contribution in [2.75, 3.05) is 5.32 Å². The van der Waals surface area contributed by atoms with Crippen LogP contribution in [0.2, 0.25) is 10.0 Å². The van der Waals surface area contributed by atoms with Crippen molar-refractivity contribution in [1.82, 2.24) is 0 Å². The molecule has 0 unspecified atom stereocenters. The number of nitrogens with one attached hydrogen (secondary N) is 1. The van der Waals surface area contributed by atoms with Crippen LogP contribution >= 0.6 is 23.2 Å². The second-order valence-electron chi connectivity index (χ2n) is 4.01. The SMILES string of the molecule is O=[N+]([O-])c1ccc(Cl)cc1CNc1ccc(Cl)cc1F. The number of hydrogen-bond acceptors (Lipinski definition) is 3. The lowest BCUT2D eigenvalue weighted by atomic mass is 10.1. The molecule has 0 atom stereocenters. The molecule has 0 fully saturated rings. The van der Waals surface area contributed by atoms with E-state index < -0.39 is 10.7 Å². The molecule has 4 nitrogen and oxygen atoms in total. The summed E-state index contributed by atoms with van der Waals surface area (Å²) in [6.07, 6.45) is 0. The number of nitrogens with zero attached hydrogens (tertiary/aromatic N) is 1. The van der Waals surface area contributed by atoms with E-state index in [0.29, 0.717) is 10.6 Å². The van der Waals surface area contributed by atoms with Crippen LogP contribution in [0.1, 0.15) is 5.56 Å². The number of anilines is 1. The minimum absolute atomic E-state index is 0.0729. The maximum Gasteiger partial charge on any atom is 0.274 e. The summed E-state index contributed by atoms with van der Waals surface area (Å²) in [5, 5.41) is 14.3. The molecule has 2 aromatic carbocycles. The van der Waals surface area contributed by atoms with Gasteiger partial charge in [-0.2, -0.15) is 0 Å². The Bertz CT molecular complexity index is 665. The van der Waals surface area contributed by atoms with Gasteiger partial charge in [0.15, 0.2) is 0 Å². The van der Waals surface area contributed by atoms with Gasteiger partial charge in [-0.05, 0) is 30.3 Å². The van der Waals surface area contributed by atoms with Crippen molar-refractivity contribution in [3.05, 3.63) is 67.9 Å². The number of nitro groups is 1. The van der Waals surface area contributed by atoms with Gasteiger partial charge in [0, 0.05) is 22.7 Å². The number of halogens is 3. The molecule has 0 aromatic heterocycles.